The molecule has 0 N–H and O–H groups in total. The van der Waals surface area contributed by atoms with Gasteiger partial charge >= 0.3 is 0 Å². The Kier molecular flexibility index (Phi) is 4.61. The fraction of sp³-hybridized carbons (Fsp3) is 0.235. The summed E-state index contributed by atoms with van der Waals surface area (Å²) in [4.78, 5) is 14.2. The first-order chi connectivity index (χ1) is 9.49. The molecule has 2 aromatic rings. The highest BCUT2D eigenvalue weighted by Gasteiger charge is 2.15. The molecule has 0 fully saturated rings. The number of amides is 1. The molecule has 0 aromatic heterocycles. The molecule has 1 amide bonds. The van der Waals surface area contributed by atoms with E-state index in [1.807, 2.05) is 44.3 Å². The van der Waals surface area contributed by atoms with Gasteiger partial charge in [-0.1, -0.05) is 30.3 Å². The number of hydrogen-bond acceptors (Lipinski definition) is 1. The zero-order chi connectivity index (χ0) is 14.7. The van der Waals surface area contributed by atoms with Crippen LogP contribution in [-0.4, -0.2) is 17.9 Å². The van der Waals surface area contributed by atoms with Gasteiger partial charge in [0.25, 0.3) is 5.91 Å². The van der Waals surface area contributed by atoms with Crippen LogP contribution in [0.15, 0.2) is 46.9 Å². The summed E-state index contributed by atoms with van der Waals surface area (Å²) in [7, 11) is 1.83. The van der Waals surface area contributed by atoms with Gasteiger partial charge in [-0.05, 0) is 58.6 Å². The van der Waals surface area contributed by atoms with Crippen LogP contribution in [0.4, 0.5) is 0 Å². The maximum atomic E-state index is 12.5. The average Bonchev–Trinajstić information content (AvgIpc) is 2.40. The minimum atomic E-state index is 0.0279. The summed E-state index contributed by atoms with van der Waals surface area (Å²) >= 11 is 3.47. The Labute approximate surface area is 128 Å². The number of nitrogens with zero attached hydrogens (tertiary/aromatic N) is 1. The molecule has 2 nitrogen and oxygen atoms in total. The van der Waals surface area contributed by atoms with Crippen LogP contribution >= 0.6 is 15.9 Å². The minimum absolute atomic E-state index is 0.0279. The van der Waals surface area contributed by atoms with Gasteiger partial charge in [-0.3, -0.25) is 4.79 Å². The quantitative estimate of drug-likeness (QED) is 0.819. The lowest BCUT2D eigenvalue weighted by Gasteiger charge is -2.19. The predicted octanol–water partition coefficient (Wildman–Crippen LogP) is 4.34. The molecule has 2 aromatic carbocycles. The molecule has 0 aliphatic rings. The fourth-order valence-electron chi connectivity index (χ4n) is 2.11. The van der Waals surface area contributed by atoms with E-state index >= 15 is 0 Å². The Balaban J connectivity index is 2.19. The Hall–Kier alpha value is -1.61. The number of benzene rings is 2. The van der Waals surface area contributed by atoms with Gasteiger partial charge in [0, 0.05) is 18.1 Å². The number of carbonyl (C=O) groups excluding carboxylic acids is 1. The Morgan fingerprint density at radius 2 is 1.85 bits per heavy atom. The largest absolute Gasteiger partial charge is 0.337 e. The van der Waals surface area contributed by atoms with Crippen LogP contribution in [0.2, 0.25) is 0 Å². The Morgan fingerprint density at radius 3 is 2.50 bits per heavy atom. The van der Waals surface area contributed by atoms with E-state index in [-0.39, 0.29) is 5.91 Å². The number of rotatable bonds is 3. The third-order valence-electron chi connectivity index (χ3n) is 3.37. The van der Waals surface area contributed by atoms with Gasteiger partial charge in [0.15, 0.2) is 0 Å². The maximum Gasteiger partial charge on any atom is 0.255 e. The molecule has 0 aliphatic heterocycles. The normalized spacial score (nSPS) is 10.4. The van der Waals surface area contributed by atoms with Crippen LogP contribution in [0.1, 0.15) is 27.0 Å². The zero-order valence-corrected chi connectivity index (χ0v) is 13.6. The van der Waals surface area contributed by atoms with Gasteiger partial charge in [-0.2, -0.15) is 0 Å². The van der Waals surface area contributed by atoms with Gasteiger partial charge in [0.05, 0.1) is 5.56 Å². The number of halogens is 1. The monoisotopic (exact) mass is 331 g/mol. The lowest BCUT2D eigenvalue weighted by Crippen LogP contribution is -2.26. The molecule has 3 heteroatoms. The van der Waals surface area contributed by atoms with Gasteiger partial charge in [0.2, 0.25) is 0 Å². The van der Waals surface area contributed by atoms with E-state index in [2.05, 4.69) is 35.0 Å². The van der Waals surface area contributed by atoms with Crippen molar-refractivity contribution < 1.29 is 4.79 Å². The van der Waals surface area contributed by atoms with E-state index in [0.29, 0.717) is 12.1 Å². The highest BCUT2D eigenvalue weighted by Crippen LogP contribution is 2.20. The summed E-state index contributed by atoms with van der Waals surface area (Å²) in [5.74, 6) is 0.0279. The summed E-state index contributed by atoms with van der Waals surface area (Å²) in [6, 6.07) is 13.9. The van der Waals surface area contributed by atoms with Crippen LogP contribution in [-0.2, 0) is 6.54 Å². The first-order valence-electron chi connectivity index (χ1n) is 6.55. The molecule has 0 atom stereocenters. The number of aryl methyl sites for hydroxylation is 2. The number of carbonyl (C=O) groups is 1. The van der Waals surface area contributed by atoms with Gasteiger partial charge < -0.3 is 4.90 Å². The van der Waals surface area contributed by atoms with Crippen LogP contribution in [0.5, 0.6) is 0 Å². The van der Waals surface area contributed by atoms with E-state index in [0.717, 1.165) is 10.0 Å². The zero-order valence-electron chi connectivity index (χ0n) is 12.0. The maximum absolute atomic E-state index is 12.5. The fourth-order valence-corrected chi connectivity index (χ4v) is 2.78. The molecule has 0 heterocycles. The van der Waals surface area contributed by atoms with Crippen molar-refractivity contribution >= 4 is 21.8 Å². The van der Waals surface area contributed by atoms with Gasteiger partial charge in [-0.25, -0.2) is 0 Å². The van der Waals surface area contributed by atoms with E-state index in [4.69, 9.17) is 0 Å². The molecule has 0 radical (unpaired) electrons. The van der Waals surface area contributed by atoms with E-state index < -0.39 is 0 Å². The summed E-state index contributed by atoms with van der Waals surface area (Å²) < 4.78 is 0.846. The van der Waals surface area contributed by atoms with Crippen molar-refractivity contribution in [3.63, 3.8) is 0 Å². The summed E-state index contributed by atoms with van der Waals surface area (Å²) in [5, 5.41) is 0. The lowest BCUT2D eigenvalue weighted by molar-refractivity contribution is 0.0784. The topological polar surface area (TPSA) is 20.3 Å². The Morgan fingerprint density at radius 1 is 1.15 bits per heavy atom. The Bertz CT molecular complexity index is 637. The molecular weight excluding hydrogens is 314 g/mol. The van der Waals surface area contributed by atoms with Crippen molar-refractivity contribution in [2.45, 2.75) is 20.4 Å². The third kappa shape index (κ3) is 3.28. The molecule has 2 rings (SSSR count). The molecule has 20 heavy (non-hydrogen) atoms. The lowest BCUT2D eigenvalue weighted by atomic mass is 10.1. The van der Waals surface area contributed by atoms with Crippen LogP contribution in [0, 0.1) is 13.8 Å². The van der Waals surface area contributed by atoms with Crippen molar-refractivity contribution in [1.82, 2.24) is 4.90 Å². The van der Waals surface area contributed by atoms with Gasteiger partial charge in [0.1, 0.15) is 0 Å². The van der Waals surface area contributed by atoms with Gasteiger partial charge in [-0.15, -0.1) is 0 Å². The second-order valence-electron chi connectivity index (χ2n) is 5.07. The molecule has 0 saturated heterocycles. The van der Waals surface area contributed by atoms with Crippen molar-refractivity contribution in [2.24, 2.45) is 0 Å². The molecule has 0 spiro atoms. The molecule has 0 bridgehead atoms. The summed E-state index contributed by atoms with van der Waals surface area (Å²) in [6.45, 7) is 4.69. The summed E-state index contributed by atoms with van der Waals surface area (Å²) in [6.07, 6.45) is 0. The first-order valence-corrected chi connectivity index (χ1v) is 7.34. The predicted molar refractivity (Wildman–Crippen MR) is 85.9 cm³/mol. The van der Waals surface area contributed by atoms with Crippen molar-refractivity contribution in [3.05, 3.63) is 69.2 Å². The minimum Gasteiger partial charge on any atom is -0.337 e. The molecule has 0 aliphatic carbocycles. The SMILES string of the molecule is Cc1ccc(C(=O)N(C)Cc2ccccc2C)c(Br)c1. The second kappa shape index (κ2) is 6.23. The van der Waals surface area contributed by atoms with E-state index in [1.165, 1.54) is 11.1 Å². The molecule has 0 saturated carbocycles. The molecule has 104 valence electrons. The van der Waals surface area contributed by atoms with Crippen LogP contribution < -0.4 is 0 Å². The molecular formula is C17H18BrNO. The highest BCUT2D eigenvalue weighted by atomic mass is 79.9. The smallest absolute Gasteiger partial charge is 0.255 e. The van der Waals surface area contributed by atoms with Crippen molar-refractivity contribution in [1.29, 1.82) is 0 Å². The highest BCUT2D eigenvalue weighted by molar-refractivity contribution is 9.10. The van der Waals surface area contributed by atoms with Crippen LogP contribution in [0.25, 0.3) is 0 Å². The van der Waals surface area contributed by atoms with Crippen LogP contribution in [0.3, 0.4) is 0 Å². The van der Waals surface area contributed by atoms with E-state index in [9.17, 15) is 4.79 Å². The summed E-state index contributed by atoms with van der Waals surface area (Å²) in [5.41, 5.74) is 4.21. The van der Waals surface area contributed by atoms with Crippen molar-refractivity contribution in [2.75, 3.05) is 7.05 Å². The van der Waals surface area contributed by atoms with E-state index in [1.54, 1.807) is 4.90 Å². The second-order valence-corrected chi connectivity index (χ2v) is 5.93. The number of hydrogen-bond donors (Lipinski definition) is 0. The first kappa shape index (κ1) is 14.8. The standard InChI is InChI=1S/C17H18BrNO/c1-12-8-9-15(16(18)10-12)17(20)19(3)11-14-7-5-4-6-13(14)2/h4-10H,11H2,1-3H3. The molecule has 0 unspecified atom stereocenters. The van der Waals surface area contributed by atoms with Crippen molar-refractivity contribution in [3.8, 4) is 0 Å². The average molecular weight is 332 g/mol. The third-order valence-corrected chi connectivity index (χ3v) is 4.03.